The van der Waals surface area contributed by atoms with E-state index < -0.39 is 0 Å². The minimum absolute atomic E-state index is 1.16. The van der Waals surface area contributed by atoms with E-state index in [0.29, 0.717) is 0 Å². The summed E-state index contributed by atoms with van der Waals surface area (Å²) in [5, 5.41) is 0. The van der Waals surface area contributed by atoms with Gasteiger partial charge < -0.3 is 0 Å². The molecule has 0 aromatic rings. The van der Waals surface area contributed by atoms with Gasteiger partial charge in [-0.05, 0) is 43.1 Å². The molecule has 0 unspecified atom stereocenters. The van der Waals surface area contributed by atoms with Crippen molar-refractivity contribution in [2.75, 3.05) is 0 Å². The van der Waals surface area contributed by atoms with Gasteiger partial charge in [0.05, 0.1) is 0 Å². The quantitative estimate of drug-likeness (QED) is 0.550. The van der Waals surface area contributed by atoms with Crippen LogP contribution >= 0.6 is 12.6 Å². The van der Waals surface area contributed by atoms with Crippen LogP contribution in [0.2, 0.25) is 0 Å². The second-order valence-electron chi connectivity index (χ2n) is 2.91. The first-order valence-electron chi connectivity index (χ1n) is 3.78. The van der Waals surface area contributed by atoms with Gasteiger partial charge in [0.25, 0.3) is 0 Å². The SMILES string of the molecule is C=C(C)C1=C(S)CCCC1. The Kier molecular flexibility index (Phi) is 2.61. The summed E-state index contributed by atoms with van der Waals surface area (Å²) in [4.78, 5) is 1.26. The lowest BCUT2D eigenvalue weighted by Gasteiger charge is -2.16. The van der Waals surface area contributed by atoms with Crippen LogP contribution < -0.4 is 0 Å². The van der Waals surface area contributed by atoms with Crippen molar-refractivity contribution in [3.63, 3.8) is 0 Å². The van der Waals surface area contributed by atoms with E-state index in [9.17, 15) is 0 Å². The fourth-order valence-corrected chi connectivity index (χ4v) is 1.81. The highest BCUT2D eigenvalue weighted by atomic mass is 32.1. The van der Waals surface area contributed by atoms with Crippen molar-refractivity contribution in [1.29, 1.82) is 0 Å². The summed E-state index contributed by atoms with van der Waals surface area (Å²) in [5.41, 5.74) is 2.60. The molecule has 0 bridgehead atoms. The van der Waals surface area contributed by atoms with Gasteiger partial charge >= 0.3 is 0 Å². The molecular weight excluding hydrogens is 140 g/mol. The summed E-state index contributed by atoms with van der Waals surface area (Å²) in [7, 11) is 0. The molecule has 1 rings (SSSR count). The van der Waals surface area contributed by atoms with E-state index in [0.717, 1.165) is 6.42 Å². The molecule has 0 aromatic carbocycles. The van der Waals surface area contributed by atoms with Crippen LogP contribution in [0, 0.1) is 0 Å². The predicted molar refractivity (Wildman–Crippen MR) is 49.3 cm³/mol. The molecule has 0 fully saturated rings. The van der Waals surface area contributed by atoms with Gasteiger partial charge in [-0.25, -0.2) is 0 Å². The highest BCUT2D eigenvalue weighted by Crippen LogP contribution is 2.30. The third-order valence-corrected chi connectivity index (χ3v) is 2.45. The molecule has 0 nitrogen and oxygen atoms in total. The van der Waals surface area contributed by atoms with Gasteiger partial charge in [-0.15, -0.1) is 12.6 Å². The molecule has 0 spiro atoms. The molecule has 10 heavy (non-hydrogen) atoms. The normalized spacial score (nSPS) is 19.4. The largest absolute Gasteiger partial charge is 0.148 e. The monoisotopic (exact) mass is 154 g/mol. The van der Waals surface area contributed by atoms with Gasteiger partial charge in [-0.3, -0.25) is 0 Å². The average molecular weight is 154 g/mol. The summed E-state index contributed by atoms with van der Waals surface area (Å²) in [6, 6.07) is 0. The van der Waals surface area contributed by atoms with Crippen LogP contribution in [-0.4, -0.2) is 0 Å². The third kappa shape index (κ3) is 1.66. The lowest BCUT2D eigenvalue weighted by Crippen LogP contribution is -1.96. The van der Waals surface area contributed by atoms with Crippen molar-refractivity contribution in [3.05, 3.63) is 22.6 Å². The van der Waals surface area contributed by atoms with Crippen LogP contribution in [0.5, 0.6) is 0 Å². The van der Waals surface area contributed by atoms with Gasteiger partial charge in [-0.1, -0.05) is 12.2 Å². The molecule has 56 valence electrons. The summed E-state index contributed by atoms with van der Waals surface area (Å²) in [6.07, 6.45) is 4.96. The zero-order valence-electron chi connectivity index (χ0n) is 6.48. The van der Waals surface area contributed by atoms with Crippen molar-refractivity contribution in [1.82, 2.24) is 0 Å². The molecular formula is C9H14S. The van der Waals surface area contributed by atoms with E-state index in [4.69, 9.17) is 0 Å². The Morgan fingerprint density at radius 3 is 2.40 bits per heavy atom. The van der Waals surface area contributed by atoms with Crippen molar-refractivity contribution in [2.45, 2.75) is 32.6 Å². The fraction of sp³-hybridized carbons (Fsp3) is 0.556. The Morgan fingerprint density at radius 1 is 1.40 bits per heavy atom. The maximum absolute atomic E-state index is 4.41. The maximum atomic E-state index is 4.41. The first-order valence-corrected chi connectivity index (χ1v) is 4.23. The first-order chi connectivity index (χ1) is 4.72. The smallest absolute Gasteiger partial charge is 0.0150 e. The van der Waals surface area contributed by atoms with Crippen molar-refractivity contribution in [3.8, 4) is 0 Å². The summed E-state index contributed by atoms with van der Waals surface area (Å²) in [6.45, 7) is 5.99. The lowest BCUT2D eigenvalue weighted by molar-refractivity contribution is 0.700. The molecule has 0 saturated heterocycles. The molecule has 0 amide bonds. The molecule has 0 aliphatic heterocycles. The van der Waals surface area contributed by atoms with Gasteiger partial charge in [0, 0.05) is 0 Å². The maximum Gasteiger partial charge on any atom is -0.0150 e. The zero-order chi connectivity index (χ0) is 7.56. The first kappa shape index (κ1) is 7.93. The minimum atomic E-state index is 1.16. The Bertz CT molecular complexity index is 177. The Labute approximate surface area is 68.4 Å². The van der Waals surface area contributed by atoms with Crippen LogP contribution in [-0.2, 0) is 0 Å². The summed E-state index contributed by atoms with van der Waals surface area (Å²) < 4.78 is 0. The number of thiol groups is 1. The topological polar surface area (TPSA) is 0 Å². The highest BCUT2D eigenvalue weighted by molar-refractivity contribution is 7.84. The standard InChI is InChI=1S/C9H14S/c1-7(2)8-5-3-4-6-9(8)10/h10H,1,3-6H2,2H3. The second-order valence-corrected chi connectivity index (χ2v) is 3.45. The van der Waals surface area contributed by atoms with Gasteiger partial charge in [-0.2, -0.15) is 0 Å². The molecule has 0 atom stereocenters. The van der Waals surface area contributed by atoms with Crippen LogP contribution in [0.25, 0.3) is 0 Å². The van der Waals surface area contributed by atoms with Gasteiger partial charge in [0.15, 0.2) is 0 Å². The summed E-state index contributed by atoms with van der Waals surface area (Å²) >= 11 is 4.41. The minimum Gasteiger partial charge on any atom is -0.148 e. The molecule has 0 saturated carbocycles. The predicted octanol–water partition coefficient (Wildman–Crippen LogP) is 3.32. The number of hydrogen-bond acceptors (Lipinski definition) is 1. The van der Waals surface area contributed by atoms with Crippen LogP contribution in [0.15, 0.2) is 22.6 Å². The van der Waals surface area contributed by atoms with Crippen LogP contribution in [0.4, 0.5) is 0 Å². The molecule has 0 N–H and O–H groups in total. The lowest BCUT2D eigenvalue weighted by atomic mass is 9.95. The molecule has 1 aliphatic carbocycles. The van der Waals surface area contributed by atoms with Gasteiger partial charge in [0.2, 0.25) is 0 Å². The van der Waals surface area contributed by atoms with E-state index in [1.165, 1.54) is 35.3 Å². The second kappa shape index (κ2) is 3.29. The molecule has 0 heterocycles. The van der Waals surface area contributed by atoms with Crippen LogP contribution in [0.1, 0.15) is 32.6 Å². The Hall–Kier alpha value is -0.170. The molecule has 0 aromatic heterocycles. The van der Waals surface area contributed by atoms with Crippen molar-refractivity contribution < 1.29 is 0 Å². The number of rotatable bonds is 1. The Balaban J connectivity index is 2.78. The molecule has 1 aliphatic rings. The van der Waals surface area contributed by atoms with Gasteiger partial charge in [0.1, 0.15) is 0 Å². The van der Waals surface area contributed by atoms with E-state index in [-0.39, 0.29) is 0 Å². The molecule has 1 heteroatoms. The van der Waals surface area contributed by atoms with Crippen molar-refractivity contribution >= 4 is 12.6 Å². The summed E-state index contributed by atoms with van der Waals surface area (Å²) in [5.74, 6) is 0. The molecule has 0 radical (unpaired) electrons. The van der Waals surface area contributed by atoms with E-state index in [2.05, 4.69) is 26.1 Å². The van der Waals surface area contributed by atoms with Crippen molar-refractivity contribution in [2.24, 2.45) is 0 Å². The third-order valence-electron chi connectivity index (χ3n) is 1.95. The number of hydrogen-bond donors (Lipinski definition) is 1. The van der Waals surface area contributed by atoms with Crippen LogP contribution in [0.3, 0.4) is 0 Å². The van der Waals surface area contributed by atoms with E-state index in [1.54, 1.807) is 0 Å². The zero-order valence-corrected chi connectivity index (χ0v) is 7.38. The van der Waals surface area contributed by atoms with E-state index >= 15 is 0 Å². The Morgan fingerprint density at radius 2 is 2.00 bits per heavy atom. The van der Waals surface area contributed by atoms with E-state index in [1.807, 2.05) is 0 Å². The number of allylic oxidation sites excluding steroid dienone is 3. The fourth-order valence-electron chi connectivity index (χ4n) is 1.35. The highest BCUT2D eigenvalue weighted by Gasteiger charge is 2.09. The average Bonchev–Trinajstić information content (AvgIpc) is 1.88.